The lowest BCUT2D eigenvalue weighted by molar-refractivity contribution is -0.127. The minimum atomic E-state index is -0.0487. The van der Waals surface area contributed by atoms with Gasteiger partial charge in [0.2, 0.25) is 11.8 Å². The highest BCUT2D eigenvalue weighted by Crippen LogP contribution is 2.63. The Morgan fingerprint density at radius 3 is 1.34 bits per heavy atom. The summed E-state index contributed by atoms with van der Waals surface area (Å²) < 4.78 is 10.9. The third-order valence-corrected chi connectivity index (χ3v) is 15.1. The van der Waals surface area contributed by atoms with Crippen LogP contribution in [0.3, 0.4) is 0 Å². The van der Waals surface area contributed by atoms with Crippen molar-refractivity contribution in [2.45, 2.75) is 132 Å². The van der Waals surface area contributed by atoms with Crippen molar-refractivity contribution in [2.24, 2.45) is 57.2 Å². The summed E-state index contributed by atoms with van der Waals surface area (Å²) in [6, 6.07) is 9.70. The molecule has 0 aliphatic heterocycles. The number of anilines is 2. The van der Waals surface area contributed by atoms with Crippen LogP contribution in [0.25, 0.3) is 0 Å². The number of hydrogen-bond donors (Lipinski definition) is 4. The summed E-state index contributed by atoms with van der Waals surface area (Å²) >= 11 is 18.8. The molecule has 4 aliphatic carbocycles. The molecule has 8 nitrogen and oxygen atoms in total. The monoisotopic (exact) mass is 1080 g/mol. The zero-order valence-electron chi connectivity index (χ0n) is 38.1. The molecule has 2 aromatic carbocycles. The van der Waals surface area contributed by atoms with Gasteiger partial charge in [0.25, 0.3) is 0 Å². The van der Waals surface area contributed by atoms with Crippen molar-refractivity contribution in [1.29, 1.82) is 0 Å². The quantitative estimate of drug-likeness (QED) is 0.155. The molecule has 2 aromatic rings. The molecule has 0 saturated heterocycles. The second-order valence-electron chi connectivity index (χ2n) is 19.8. The van der Waals surface area contributed by atoms with Crippen LogP contribution in [0, 0.1) is 57.2 Å². The Hall–Kier alpha value is -1.34. The maximum atomic E-state index is 13.0. The number of carbonyl (C=O) groups excluding carboxylic acids is 2. The van der Waals surface area contributed by atoms with E-state index in [-0.39, 0.29) is 42.7 Å². The van der Waals surface area contributed by atoms with Gasteiger partial charge in [-0.25, -0.2) is 0 Å². The standard InChI is InChI=1S/C24H37NO3.C22H33NO3.CH2Cl2.BBr3/c1-16-8-9-21-23(2,3)10-7-11-24(21,4)20(16)15-22(26)25-17-12-18(27-5)14-19(13-17)28-6;1-14-6-7-19-21(2,3)8-5-9-22(19,4)18(14)13-20(26)23-15-10-16(24)12-17(25)11-15;2-1-3;2-1(3)4/h12-14,16,20-21H,7-11,15H2,1-6H3,(H,25,26);10-12,14,18-19,24-25H,5-9,13H2,1-4H3,(H,23,26);1H2;/t16-,20-,21-,24+;14-,18-,19-,22+;;/m00../s1. The zero-order valence-corrected chi connectivity index (χ0v) is 44.4. The van der Waals surface area contributed by atoms with Crippen LogP contribution < -0.4 is 20.1 Å². The summed E-state index contributed by atoms with van der Waals surface area (Å²) in [5.74, 6) is 4.62. The van der Waals surface area contributed by atoms with Crippen LogP contribution in [0.2, 0.25) is 0 Å². The smallest absolute Gasteiger partial charge is 0.369 e. The number of methoxy groups -OCH3 is 2. The van der Waals surface area contributed by atoms with E-state index in [0.29, 0.717) is 76.4 Å². The predicted octanol–water partition coefficient (Wildman–Crippen LogP) is 14.8. The molecule has 14 heteroatoms. The average molecular weight is 1080 g/mol. The molecule has 4 aliphatic rings. The Balaban J connectivity index is 0.000000283. The topological polar surface area (TPSA) is 117 Å². The minimum Gasteiger partial charge on any atom is -0.508 e. The van der Waals surface area contributed by atoms with Gasteiger partial charge in [-0.05, 0) is 95.7 Å². The van der Waals surface area contributed by atoms with E-state index >= 15 is 0 Å². The van der Waals surface area contributed by atoms with E-state index in [2.05, 4.69) is 113 Å². The molecule has 0 radical (unpaired) electrons. The predicted molar refractivity (Wildman–Crippen MR) is 267 cm³/mol. The van der Waals surface area contributed by atoms with Crippen LogP contribution in [-0.2, 0) is 9.59 Å². The first-order chi connectivity index (χ1) is 28.5. The molecule has 2 amide bonds. The molecule has 6 rings (SSSR count). The summed E-state index contributed by atoms with van der Waals surface area (Å²) in [5.41, 5.74) is 2.36. The molecule has 0 unspecified atom stereocenters. The van der Waals surface area contributed by atoms with Crippen molar-refractivity contribution in [3.8, 4) is 23.0 Å². The summed E-state index contributed by atoms with van der Waals surface area (Å²) in [6.07, 6.45) is 13.6. The van der Waals surface area contributed by atoms with E-state index in [1.165, 1.54) is 82.4 Å². The maximum Gasteiger partial charge on any atom is 0.369 e. The Morgan fingerprint density at radius 1 is 0.656 bits per heavy atom. The van der Waals surface area contributed by atoms with E-state index in [1.807, 2.05) is 18.2 Å². The number of fused-ring (bicyclic) bond motifs is 2. The Kier molecular flexibility index (Phi) is 21.0. The molecule has 8 atom stereocenters. The first-order valence-corrected chi connectivity index (χ1v) is 25.7. The summed E-state index contributed by atoms with van der Waals surface area (Å²) in [5, 5.41) is 25.4. The summed E-state index contributed by atoms with van der Waals surface area (Å²) in [7, 11) is 3.24. The largest absolute Gasteiger partial charge is 0.508 e. The number of aromatic hydroxyl groups is 2. The van der Waals surface area contributed by atoms with Gasteiger partial charge in [0.05, 0.1) is 19.6 Å². The highest BCUT2D eigenvalue weighted by Gasteiger charge is 2.55. The molecule has 344 valence electrons. The van der Waals surface area contributed by atoms with E-state index in [1.54, 1.807) is 14.2 Å². The number of hydrogen-bond acceptors (Lipinski definition) is 6. The van der Waals surface area contributed by atoms with Gasteiger partial charge < -0.3 is 30.3 Å². The lowest BCUT2D eigenvalue weighted by Gasteiger charge is -2.59. The molecule has 0 heterocycles. The van der Waals surface area contributed by atoms with Crippen molar-refractivity contribution in [3.63, 3.8) is 0 Å². The molecular formula is C47H72BBr3Cl2N2O6. The van der Waals surface area contributed by atoms with Gasteiger partial charge in [0, 0.05) is 60.6 Å². The third-order valence-electron chi connectivity index (χ3n) is 15.1. The van der Waals surface area contributed by atoms with Crippen LogP contribution in [-0.4, -0.2) is 44.8 Å². The van der Waals surface area contributed by atoms with Crippen LogP contribution >= 0.6 is 70.5 Å². The van der Waals surface area contributed by atoms with Crippen molar-refractivity contribution < 1.29 is 29.3 Å². The highest BCUT2D eigenvalue weighted by molar-refractivity contribution is 9.69. The van der Waals surface area contributed by atoms with Crippen LogP contribution in [0.15, 0.2) is 36.4 Å². The van der Waals surface area contributed by atoms with Crippen molar-refractivity contribution in [2.75, 3.05) is 30.2 Å². The first-order valence-electron chi connectivity index (χ1n) is 21.9. The fourth-order valence-electron chi connectivity index (χ4n) is 12.5. The van der Waals surface area contributed by atoms with E-state index < -0.39 is 0 Å². The number of halogens is 5. The van der Waals surface area contributed by atoms with Gasteiger partial charge in [0.1, 0.15) is 23.0 Å². The number of alkyl halides is 2. The van der Waals surface area contributed by atoms with Gasteiger partial charge >= 0.3 is 3.18 Å². The fourth-order valence-corrected chi connectivity index (χ4v) is 12.5. The number of carbonyl (C=O) groups is 2. The van der Waals surface area contributed by atoms with Gasteiger partial charge in [-0.2, -0.15) is 0 Å². The van der Waals surface area contributed by atoms with Crippen LogP contribution in [0.4, 0.5) is 11.4 Å². The molecule has 61 heavy (non-hydrogen) atoms. The second-order valence-corrected chi connectivity index (χ2v) is 27.1. The normalized spacial score (nSPS) is 29.4. The maximum absolute atomic E-state index is 13.0. The average Bonchev–Trinajstić information content (AvgIpc) is 3.14. The first kappa shape index (κ1) is 54.0. The Labute approximate surface area is 402 Å². The number of amides is 2. The van der Waals surface area contributed by atoms with E-state index in [4.69, 9.17) is 32.7 Å². The molecule has 4 fully saturated rings. The number of phenols is 2. The Morgan fingerprint density at radius 2 is 1.00 bits per heavy atom. The number of ether oxygens (including phenoxy) is 2. The molecule has 4 saturated carbocycles. The second kappa shape index (κ2) is 23.7. The number of rotatable bonds is 8. The number of benzene rings is 2. The van der Waals surface area contributed by atoms with Gasteiger partial charge in [0.15, 0.2) is 0 Å². The molecule has 4 N–H and O–H groups in total. The zero-order chi connectivity index (χ0) is 45.9. The van der Waals surface area contributed by atoms with E-state index in [0.717, 1.165) is 5.69 Å². The van der Waals surface area contributed by atoms with Crippen LogP contribution in [0.1, 0.15) is 132 Å². The molecule has 0 aromatic heterocycles. The molecular weight excluding hydrogens is 1010 g/mol. The lowest BCUT2D eigenvalue weighted by Crippen LogP contribution is -2.51. The van der Waals surface area contributed by atoms with Gasteiger partial charge in [-0.15, -0.1) is 70.5 Å². The Bertz CT molecular complexity index is 1690. The van der Waals surface area contributed by atoms with Crippen molar-refractivity contribution in [1.82, 2.24) is 0 Å². The minimum absolute atomic E-state index is 0.0305. The summed E-state index contributed by atoms with van der Waals surface area (Å²) in [4.78, 5) is 25.8. The summed E-state index contributed by atoms with van der Waals surface area (Å²) in [6.45, 7) is 19.2. The number of phenolic OH excluding ortho intramolecular Hbond substituents is 2. The SMILES string of the molecule is BrB(Br)Br.COc1cc(NC(=O)C[C@H]2[C@@H](C)CC[C@H]3C(C)(C)CCC[C@]23C)cc(OC)c1.C[C@H]1CC[C@H]2C(C)(C)CCC[C@]2(C)[C@H]1CC(=O)Nc1cc(O)cc(O)c1.ClCCl. The third kappa shape index (κ3) is 14.8. The number of nitrogens with one attached hydrogen (secondary N) is 2. The van der Waals surface area contributed by atoms with Crippen molar-refractivity contribution in [3.05, 3.63) is 36.4 Å². The van der Waals surface area contributed by atoms with Gasteiger partial charge in [-0.1, -0.05) is 81.1 Å². The van der Waals surface area contributed by atoms with Gasteiger partial charge in [-0.3, -0.25) is 9.59 Å². The lowest BCUT2D eigenvalue weighted by atomic mass is 9.46. The fraction of sp³-hybridized carbons (Fsp3) is 0.702. The van der Waals surface area contributed by atoms with Crippen molar-refractivity contribution >= 4 is 96.8 Å². The van der Waals surface area contributed by atoms with E-state index in [9.17, 15) is 19.8 Å². The van der Waals surface area contributed by atoms with Crippen LogP contribution in [0.5, 0.6) is 23.0 Å². The molecule has 0 spiro atoms. The highest BCUT2D eigenvalue weighted by atomic mass is 79.9. The molecule has 0 bridgehead atoms.